The van der Waals surface area contributed by atoms with E-state index in [1.54, 1.807) is 23.3 Å². The Morgan fingerprint density at radius 2 is 2.09 bits per heavy atom. The van der Waals surface area contributed by atoms with Crippen LogP contribution in [0.5, 0.6) is 0 Å². The van der Waals surface area contributed by atoms with Crippen LogP contribution in [0.25, 0.3) is 0 Å². The molecule has 6 nitrogen and oxygen atoms in total. The van der Waals surface area contributed by atoms with Crippen molar-refractivity contribution < 1.29 is 4.79 Å². The van der Waals surface area contributed by atoms with E-state index >= 15 is 0 Å². The Hall–Kier alpha value is -1.86. The van der Waals surface area contributed by atoms with Crippen molar-refractivity contribution in [2.75, 3.05) is 33.0 Å². The average Bonchev–Trinajstić information content (AvgIpc) is 3.05. The molecule has 0 radical (unpaired) electrons. The minimum absolute atomic E-state index is 0.149. The van der Waals surface area contributed by atoms with Crippen molar-refractivity contribution in [2.45, 2.75) is 20.0 Å². The first kappa shape index (κ1) is 16.5. The molecular formula is C15H23N5OS. The first-order chi connectivity index (χ1) is 10.4. The molecule has 7 heteroatoms. The molecule has 0 aliphatic heterocycles. The number of nitrogens with zero attached hydrogens (tertiary/aromatic N) is 4. The van der Waals surface area contributed by atoms with E-state index in [2.05, 4.69) is 34.4 Å². The number of hydrogen-bond acceptors (Lipinski definition) is 4. The molecule has 0 fully saturated rings. The number of hydrogen-bond donors (Lipinski definition) is 1. The van der Waals surface area contributed by atoms with Gasteiger partial charge in [-0.05, 0) is 33.2 Å². The van der Waals surface area contributed by atoms with Gasteiger partial charge in [0, 0.05) is 35.6 Å². The number of thiophene rings is 1. The number of urea groups is 1. The fourth-order valence-electron chi connectivity index (χ4n) is 1.94. The number of carbonyl (C=O) groups is 1. The quantitative estimate of drug-likeness (QED) is 0.889. The molecular weight excluding hydrogens is 298 g/mol. The van der Waals surface area contributed by atoms with E-state index in [0.717, 1.165) is 13.1 Å². The third-order valence-electron chi connectivity index (χ3n) is 3.19. The molecule has 0 atom stereocenters. The number of carbonyl (C=O) groups excluding carboxylic acids is 1. The molecule has 2 amide bonds. The summed E-state index contributed by atoms with van der Waals surface area (Å²) in [5, 5.41) is 7.17. The van der Waals surface area contributed by atoms with Crippen molar-refractivity contribution in [1.82, 2.24) is 19.6 Å². The number of aromatic nitrogens is 2. The first-order valence-electron chi connectivity index (χ1n) is 7.19. The van der Waals surface area contributed by atoms with Crippen molar-refractivity contribution in [1.29, 1.82) is 0 Å². The minimum atomic E-state index is -0.149. The van der Waals surface area contributed by atoms with E-state index < -0.39 is 0 Å². The van der Waals surface area contributed by atoms with E-state index in [0.29, 0.717) is 12.4 Å². The zero-order valence-corrected chi connectivity index (χ0v) is 14.4. The van der Waals surface area contributed by atoms with Crippen LogP contribution in [0.3, 0.4) is 0 Å². The lowest BCUT2D eigenvalue weighted by Gasteiger charge is -2.16. The highest BCUT2D eigenvalue weighted by Gasteiger charge is 2.11. The number of aryl methyl sites for hydroxylation is 1. The molecule has 0 saturated carbocycles. The molecule has 0 aromatic carbocycles. The molecule has 120 valence electrons. The molecule has 2 aromatic rings. The van der Waals surface area contributed by atoms with Crippen molar-refractivity contribution in [2.24, 2.45) is 0 Å². The monoisotopic (exact) mass is 321 g/mol. The molecule has 0 spiro atoms. The summed E-state index contributed by atoms with van der Waals surface area (Å²) in [5.74, 6) is 0.581. The summed E-state index contributed by atoms with van der Waals surface area (Å²) in [6.45, 7) is 4.38. The van der Waals surface area contributed by atoms with Gasteiger partial charge < -0.3 is 9.80 Å². The molecule has 0 unspecified atom stereocenters. The third kappa shape index (κ3) is 4.85. The highest BCUT2D eigenvalue weighted by Crippen LogP contribution is 2.17. The largest absolute Gasteiger partial charge is 0.323 e. The zero-order valence-electron chi connectivity index (χ0n) is 13.5. The Morgan fingerprint density at radius 3 is 2.73 bits per heavy atom. The average molecular weight is 321 g/mol. The summed E-state index contributed by atoms with van der Waals surface area (Å²) in [6.07, 6.45) is 1.88. The zero-order chi connectivity index (χ0) is 16.1. The summed E-state index contributed by atoms with van der Waals surface area (Å²) in [5.41, 5.74) is 0. The summed E-state index contributed by atoms with van der Waals surface area (Å²) in [4.78, 5) is 18.3. The molecule has 22 heavy (non-hydrogen) atoms. The summed E-state index contributed by atoms with van der Waals surface area (Å²) < 4.78 is 1.83. The van der Waals surface area contributed by atoms with Crippen LogP contribution in [0.1, 0.15) is 9.75 Å². The van der Waals surface area contributed by atoms with Crippen LogP contribution in [0.4, 0.5) is 10.6 Å². The van der Waals surface area contributed by atoms with Gasteiger partial charge in [-0.3, -0.25) is 10.00 Å². The van der Waals surface area contributed by atoms with Crippen molar-refractivity contribution in [3.05, 3.63) is 34.2 Å². The van der Waals surface area contributed by atoms with Crippen LogP contribution >= 0.6 is 11.3 Å². The van der Waals surface area contributed by atoms with E-state index in [1.165, 1.54) is 9.75 Å². The highest BCUT2D eigenvalue weighted by molar-refractivity contribution is 7.11. The summed E-state index contributed by atoms with van der Waals surface area (Å²) in [6, 6.07) is 5.79. The maximum Gasteiger partial charge on any atom is 0.323 e. The van der Waals surface area contributed by atoms with Gasteiger partial charge in [0.2, 0.25) is 0 Å². The van der Waals surface area contributed by atoms with Gasteiger partial charge in [-0.1, -0.05) is 0 Å². The lowest BCUT2D eigenvalue weighted by molar-refractivity contribution is 0.221. The summed E-state index contributed by atoms with van der Waals surface area (Å²) >= 11 is 1.71. The van der Waals surface area contributed by atoms with Crippen LogP contribution in [-0.4, -0.2) is 53.3 Å². The van der Waals surface area contributed by atoms with Crippen LogP contribution in [0, 0.1) is 6.92 Å². The van der Waals surface area contributed by atoms with E-state index in [4.69, 9.17) is 0 Å². The smallest absolute Gasteiger partial charge is 0.322 e. The molecule has 2 aromatic heterocycles. The second kappa shape index (κ2) is 7.42. The Bertz CT molecular complexity index is 619. The SMILES string of the molecule is Cc1ccc(CN(C)C(=O)Nc2ccn(CCN(C)C)n2)s1. The number of anilines is 1. The number of rotatable bonds is 6. The van der Waals surface area contributed by atoms with Crippen LogP contribution < -0.4 is 5.32 Å². The van der Waals surface area contributed by atoms with E-state index in [1.807, 2.05) is 31.0 Å². The van der Waals surface area contributed by atoms with Gasteiger partial charge in [0.25, 0.3) is 0 Å². The Kier molecular flexibility index (Phi) is 5.57. The highest BCUT2D eigenvalue weighted by atomic mass is 32.1. The van der Waals surface area contributed by atoms with Crippen LogP contribution in [0.2, 0.25) is 0 Å². The molecule has 2 heterocycles. The Labute approximate surface area is 135 Å². The van der Waals surface area contributed by atoms with Crippen molar-refractivity contribution in [3.8, 4) is 0 Å². The van der Waals surface area contributed by atoms with Gasteiger partial charge >= 0.3 is 6.03 Å². The lowest BCUT2D eigenvalue weighted by Crippen LogP contribution is -2.30. The van der Waals surface area contributed by atoms with Gasteiger partial charge in [-0.25, -0.2) is 4.79 Å². The molecule has 0 bridgehead atoms. The van der Waals surface area contributed by atoms with Gasteiger partial charge in [-0.15, -0.1) is 11.3 Å². The molecule has 0 saturated heterocycles. The molecule has 0 aliphatic rings. The first-order valence-corrected chi connectivity index (χ1v) is 8.01. The Balaban J connectivity index is 1.85. The molecule has 0 aliphatic carbocycles. The van der Waals surface area contributed by atoms with Crippen LogP contribution in [0.15, 0.2) is 24.4 Å². The number of nitrogens with one attached hydrogen (secondary N) is 1. The van der Waals surface area contributed by atoms with Gasteiger partial charge in [0.05, 0.1) is 13.1 Å². The second-order valence-corrected chi connectivity index (χ2v) is 6.94. The number of amides is 2. The van der Waals surface area contributed by atoms with Gasteiger partial charge in [-0.2, -0.15) is 5.10 Å². The minimum Gasteiger partial charge on any atom is -0.322 e. The fourth-order valence-corrected chi connectivity index (χ4v) is 2.88. The van der Waals surface area contributed by atoms with Crippen molar-refractivity contribution in [3.63, 3.8) is 0 Å². The number of likely N-dealkylation sites (N-methyl/N-ethyl adjacent to an activating group) is 1. The predicted molar refractivity (Wildman–Crippen MR) is 90.3 cm³/mol. The van der Waals surface area contributed by atoms with E-state index in [-0.39, 0.29) is 6.03 Å². The third-order valence-corrected chi connectivity index (χ3v) is 4.17. The van der Waals surface area contributed by atoms with E-state index in [9.17, 15) is 4.79 Å². The second-order valence-electron chi connectivity index (χ2n) is 5.57. The van der Waals surface area contributed by atoms with Gasteiger partial charge in [0.1, 0.15) is 0 Å². The fraction of sp³-hybridized carbons (Fsp3) is 0.467. The normalized spacial score (nSPS) is 11.0. The molecule has 2 rings (SSSR count). The lowest BCUT2D eigenvalue weighted by atomic mass is 10.4. The van der Waals surface area contributed by atoms with Crippen molar-refractivity contribution >= 4 is 23.2 Å². The van der Waals surface area contributed by atoms with Crippen LogP contribution in [-0.2, 0) is 13.1 Å². The maximum atomic E-state index is 12.2. The topological polar surface area (TPSA) is 53.4 Å². The standard InChI is InChI=1S/C15H23N5OS/c1-12-5-6-13(22-12)11-19(4)15(21)16-14-7-8-20(17-14)10-9-18(2)3/h5-8H,9-11H2,1-4H3,(H,16,17,21). The van der Waals surface area contributed by atoms with Gasteiger partial charge in [0.15, 0.2) is 5.82 Å². The molecule has 1 N–H and O–H groups in total. The predicted octanol–water partition coefficient (Wildman–Crippen LogP) is 2.48. The Morgan fingerprint density at radius 1 is 1.32 bits per heavy atom. The summed E-state index contributed by atoms with van der Waals surface area (Å²) in [7, 11) is 5.83. The maximum absolute atomic E-state index is 12.2.